The molecule has 2 fully saturated rings. The van der Waals surface area contributed by atoms with Gasteiger partial charge in [-0.05, 0) is 12.3 Å². The van der Waals surface area contributed by atoms with Crippen molar-refractivity contribution in [2.45, 2.75) is 18.8 Å². The van der Waals surface area contributed by atoms with E-state index in [1.54, 1.807) is 0 Å². The van der Waals surface area contributed by atoms with Crippen molar-refractivity contribution in [3.8, 4) is 0 Å². The molecule has 1 N–H and O–H groups in total. The Kier molecular flexibility index (Phi) is 1.94. The average Bonchev–Trinajstić information content (AvgIpc) is 2.45. The number of hydrogen-bond acceptors (Lipinski definition) is 3. The van der Waals surface area contributed by atoms with Gasteiger partial charge in [-0.3, -0.25) is 4.79 Å². The Hall–Kier alpha value is -0.720. The van der Waals surface area contributed by atoms with Gasteiger partial charge in [0.1, 0.15) is 5.41 Å². The first-order valence-corrected chi connectivity index (χ1v) is 6.35. The Morgan fingerprint density at radius 3 is 2.20 bits per heavy atom. The summed E-state index contributed by atoms with van der Waals surface area (Å²) in [5, 5.41) is 8.80. The Balaban J connectivity index is 2.28. The molecule has 15 heavy (non-hydrogen) atoms. The van der Waals surface area contributed by atoms with Crippen LogP contribution in [0.5, 0.6) is 0 Å². The summed E-state index contributed by atoms with van der Waals surface area (Å²) in [5.41, 5.74) is -2.11. The molecular weight excluding hydrogens is 230 g/mol. The summed E-state index contributed by atoms with van der Waals surface area (Å²) in [5.74, 6) is -6.36. The van der Waals surface area contributed by atoms with Gasteiger partial charge in [-0.2, -0.15) is 0 Å². The van der Waals surface area contributed by atoms with Crippen molar-refractivity contribution in [3.63, 3.8) is 0 Å². The Morgan fingerprint density at radius 1 is 1.40 bits per heavy atom. The van der Waals surface area contributed by atoms with Crippen molar-refractivity contribution in [1.29, 1.82) is 0 Å². The molecule has 2 atom stereocenters. The first kappa shape index (κ1) is 10.8. The lowest BCUT2D eigenvalue weighted by molar-refractivity contribution is -0.150. The van der Waals surface area contributed by atoms with E-state index in [4.69, 9.17) is 5.11 Å². The SMILES string of the molecule is O=C(O)C1(C2CCS(=O)(=O)C2)CC1(F)F. The molecule has 86 valence electrons. The molecule has 0 aromatic carbocycles. The second-order valence-electron chi connectivity index (χ2n) is 4.26. The fourth-order valence-electron chi connectivity index (χ4n) is 2.34. The molecule has 0 bridgehead atoms. The lowest BCUT2D eigenvalue weighted by Gasteiger charge is -2.17. The van der Waals surface area contributed by atoms with E-state index in [0.29, 0.717) is 0 Å². The quantitative estimate of drug-likeness (QED) is 0.764. The Labute approximate surface area is 85.2 Å². The van der Waals surface area contributed by atoms with E-state index in [-0.39, 0.29) is 12.2 Å². The fourth-order valence-corrected chi connectivity index (χ4v) is 4.21. The van der Waals surface area contributed by atoms with Crippen molar-refractivity contribution in [1.82, 2.24) is 0 Å². The highest BCUT2D eigenvalue weighted by Crippen LogP contribution is 2.66. The van der Waals surface area contributed by atoms with Crippen LogP contribution in [0.4, 0.5) is 8.78 Å². The van der Waals surface area contributed by atoms with Gasteiger partial charge in [0.05, 0.1) is 11.5 Å². The topological polar surface area (TPSA) is 71.4 Å². The number of alkyl halides is 2. The molecule has 1 saturated heterocycles. The van der Waals surface area contributed by atoms with Gasteiger partial charge in [-0.15, -0.1) is 0 Å². The van der Waals surface area contributed by atoms with Gasteiger partial charge in [-0.25, -0.2) is 17.2 Å². The molecule has 1 heterocycles. The zero-order chi connectivity index (χ0) is 11.5. The Bertz CT molecular complexity index is 416. The maximum absolute atomic E-state index is 13.0. The summed E-state index contributed by atoms with van der Waals surface area (Å²) >= 11 is 0. The lowest BCUT2D eigenvalue weighted by atomic mass is 9.88. The monoisotopic (exact) mass is 240 g/mol. The number of rotatable bonds is 2. The molecule has 2 unspecified atom stereocenters. The zero-order valence-corrected chi connectivity index (χ0v) is 8.56. The Morgan fingerprint density at radius 2 is 1.93 bits per heavy atom. The summed E-state index contributed by atoms with van der Waals surface area (Å²) < 4.78 is 48.3. The van der Waals surface area contributed by atoms with E-state index in [2.05, 4.69) is 0 Å². The zero-order valence-electron chi connectivity index (χ0n) is 7.74. The average molecular weight is 240 g/mol. The molecule has 0 spiro atoms. The molecule has 0 aromatic heterocycles. The minimum atomic E-state index is -3.32. The molecule has 1 aliphatic carbocycles. The van der Waals surface area contributed by atoms with Gasteiger partial charge < -0.3 is 5.11 Å². The normalized spacial score (nSPS) is 41.3. The van der Waals surface area contributed by atoms with Crippen LogP contribution in [0.1, 0.15) is 12.8 Å². The maximum Gasteiger partial charge on any atom is 0.316 e. The fraction of sp³-hybridized carbons (Fsp3) is 0.875. The second kappa shape index (κ2) is 2.69. The van der Waals surface area contributed by atoms with Gasteiger partial charge >= 0.3 is 5.97 Å². The van der Waals surface area contributed by atoms with E-state index in [1.807, 2.05) is 0 Å². The van der Waals surface area contributed by atoms with Gasteiger partial charge in [0.15, 0.2) is 9.84 Å². The maximum atomic E-state index is 13.0. The smallest absolute Gasteiger partial charge is 0.316 e. The van der Waals surface area contributed by atoms with Crippen molar-refractivity contribution >= 4 is 15.8 Å². The van der Waals surface area contributed by atoms with Crippen LogP contribution in [-0.2, 0) is 14.6 Å². The van der Waals surface area contributed by atoms with Crippen molar-refractivity contribution < 1.29 is 27.1 Å². The third kappa shape index (κ3) is 1.36. The highest BCUT2D eigenvalue weighted by atomic mass is 32.2. The van der Waals surface area contributed by atoms with Crippen LogP contribution in [0.2, 0.25) is 0 Å². The summed E-state index contributed by atoms with van der Waals surface area (Å²) in [7, 11) is -3.32. The van der Waals surface area contributed by atoms with E-state index in [0.717, 1.165) is 0 Å². The summed E-state index contributed by atoms with van der Waals surface area (Å²) in [6, 6.07) is 0. The molecule has 7 heteroatoms. The van der Waals surface area contributed by atoms with Crippen LogP contribution in [0.25, 0.3) is 0 Å². The predicted octanol–water partition coefficient (Wildman–Crippen LogP) is 0.531. The highest BCUT2D eigenvalue weighted by molar-refractivity contribution is 7.91. The summed E-state index contributed by atoms with van der Waals surface area (Å²) in [4.78, 5) is 10.8. The van der Waals surface area contributed by atoms with Crippen molar-refractivity contribution in [2.24, 2.45) is 11.3 Å². The van der Waals surface area contributed by atoms with Crippen LogP contribution in [0.3, 0.4) is 0 Å². The van der Waals surface area contributed by atoms with Crippen LogP contribution < -0.4 is 0 Å². The largest absolute Gasteiger partial charge is 0.481 e. The number of carboxylic acid groups (broad SMARTS) is 1. The highest BCUT2D eigenvalue weighted by Gasteiger charge is 2.79. The molecule has 1 aliphatic heterocycles. The van der Waals surface area contributed by atoms with Gasteiger partial charge in [-0.1, -0.05) is 0 Å². The van der Waals surface area contributed by atoms with Crippen LogP contribution >= 0.6 is 0 Å². The van der Waals surface area contributed by atoms with Gasteiger partial charge in [0.2, 0.25) is 0 Å². The van der Waals surface area contributed by atoms with Crippen molar-refractivity contribution in [2.75, 3.05) is 11.5 Å². The third-order valence-corrected chi connectivity index (χ3v) is 5.11. The lowest BCUT2D eigenvalue weighted by Crippen LogP contribution is -2.32. The molecule has 0 amide bonds. The number of halogens is 2. The van der Waals surface area contributed by atoms with E-state index in [1.165, 1.54) is 0 Å². The molecule has 0 aromatic rings. The number of carbonyl (C=O) groups is 1. The minimum Gasteiger partial charge on any atom is -0.481 e. The molecule has 0 radical (unpaired) electrons. The summed E-state index contributed by atoms with van der Waals surface area (Å²) in [6.45, 7) is 0. The first-order valence-electron chi connectivity index (χ1n) is 4.53. The van der Waals surface area contributed by atoms with Gasteiger partial charge in [0, 0.05) is 6.42 Å². The summed E-state index contributed by atoms with van der Waals surface area (Å²) in [6.07, 6.45) is -0.695. The number of hydrogen-bond donors (Lipinski definition) is 1. The van der Waals surface area contributed by atoms with Crippen LogP contribution in [0, 0.1) is 11.3 Å². The van der Waals surface area contributed by atoms with Crippen molar-refractivity contribution in [3.05, 3.63) is 0 Å². The predicted molar refractivity (Wildman–Crippen MR) is 46.4 cm³/mol. The first-order chi connectivity index (χ1) is 6.71. The molecule has 2 aliphatic rings. The van der Waals surface area contributed by atoms with E-state index >= 15 is 0 Å². The second-order valence-corrected chi connectivity index (χ2v) is 6.49. The number of aliphatic carboxylic acids is 1. The molecular formula is C8H10F2O4S. The minimum absolute atomic E-state index is 0.0320. The van der Waals surface area contributed by atoms with Crippen LogP contribution in [0.15, 0.2) is 0 Å². The van der Waals surface area contributed by atoms with E-state index < -0.39 is 45.2 Å². The van der Waals surface area contributed by atoms with Crippen LogP contribution in [-0.4, -0.2) is 36.9 Å². The third-order valence-electron chi connectivity index (χ3n) is 3.34. The van der Waals surface area contributed by atoms with E-state index in [9.17, 15) is 22.0 Å². The molecule has 4 nitrogen and oxygen atoms in total. The standard InChI is InChI=1S/C8H10F2O4S/c9-8(10)4-7(8,6(11)12)5-1-2-15(13,14)3-5/h5H,1-4H2,(H,11,12). The van der Waals surface area contributed by atoms with Gasteiger partial charge in [0.25, 0.3) is 5.92 Å². The molecule has 1 saturated carbocycles. The number of carboxylic acids is 1. The molecule has 2 rings (SSSR count). The number of sulfone groups is 1.